The Balaban J connectivity index is 1.85. The third-order valence-electron chi connectivity index (χ3n) is 2.58. The van der Waals surface area contributed by atoms with Crippen LogP contribution in [0, 0.1) is 0 Å². The van der Waals surface area contributed by atoms with Crippen LogP contribution in [0.15, 0.2) is 30.3 Å². The van der Waals surface area contributed by atoms with Crippen LogP contribution in [-0.2, 0) is 16.1 Å². The van der Waals surface area contributed by atoms with Crippen LogP contribution in [0.25, 0.3) is 0 Å². The van der Waals surface area contributed by atoms with Crippen LogP contribution in [0.3, 0.4) is 0 Å². The SMILES string of the molecule is O=C1NC(=O)N(CC(=O)OCc2ccccc2)C(O)N1. The molecular weight excluding hydrogens is 266 g/mol. The lowest BCUT2D eigenvalue weighted by Gasteiger charge is -2.31. The summed E-state index contributed by atoms with van der Waals surface area (Å²) in [5, 5.41) is 13.4. The number of amides is 4. The van der Waals surface area contributed by atoms with Gasteiger partial charge in [0.25, 0.3) is 0 Å². The Hall–Kier alpha value is -2.61. The molecule has 8 nitrogen and oxygen atoms in total. The van der Waals surface area contributed by atoms with E-state index in [1.165, 1.54) is 0 Å². The minimum atomic E-state index is -1.56. The van der Waals surface area contributed by atoms with E-state index in [9.17, 15) is 19.5 Å². The van der Waals surface area contributed by atoms with Crippen molar-refractivity contribution in [2.24, 2.45) is 0 Å². The predicted octanol–water partition coefficient (Wildman–Crippen LogP) is -0.259. The quantitative estimate of drug-likeness (QED) is 0.658. The molecule has 0 aliphatic carbocycles. The number of hydrogen-bond acceptors (Lipinski definition) is 5. The molecule has 1 unspecified atom stereocenters. The minimum Gasteiger partial charge on any atom is -0.459 e. The van der Waals surface area contributed by atoms with E-state index in [0.717, 1.165) is 10.5 Å². The zero-order valence-corrected chi connectivity index (χ0v) is 10.4. The number of nitrogens with one attached hydrogen (secondary N) is 2. The molecule has 1 saturated heterocycles. The molecule has 20 heavy (non-hydrogen) atoms. The van der Waals surface area contributed by atoms with Gasteiger partial charge in [-0.15, -0.1) is 0 Å². The summed E-state index contributed by atoms with van der Waals surface area (Å²) >= 11 is 0. The Morgan fingerprint density at radius 1 is 1.30 bits per heavy atom. The highest BCUT2D eigenvalue weighted by molar-refractivity contribution is 5.96. The molecule has 4 amide bonds. The molecule has 3 N–H and O–H groups in total. The number of aliphatic hydroxyl groups is 1. The normalized spacial score (nSPS) is 18.2. The molecule has 0 bridgehead atoms. The number of aliphatic hydroxyl groups excluding tert-OH is 1. The fourth-order valence-electron chi connectivity index (χ4n) is 1.59. The molecule has 1 aromatic rings. The second-order valence-corrected chi connectivity index (χ2v) is 4.05. The fourth-order valence-corrected chi connectivity index (χ4v) is 1.59. The third-order valence-corrected chi connectivity index (χ3v) is 2.58. The van der Waals surface area contributed by atoms with Crippen molar-refractivity contribution in [3.8, 4) is 0 Å². The number of imide groups is 1. The lowest BCUT2D eigenvalue weighted by atomic mass is 10.2. The number of esters is 1. The van der Waals surface area contributed by atoms with Gasteiger partial charge in [0.1, 0.15) is 13.2 Å². The first kappa shape index (κ1) is 13.8. The lowest BCUT2D eigenvalue weighted by Crippen LogP contribution is -2.64. The molecule has 8 heteroatoms. The van der Waals surface area contributed by atoms with Gasteiger partial charge in [0, 0.05) is 0 Å². The number of ether oxygens (including phenoxy) is 1. The van der Waals surface area contributed by atoms with E-state index >= 15 is 0 Å². The van der Waals surface area contributed by atoms with E-state index in [4.69, 9.17) is 4.74 Å². The topological polar surface area (TPSA) is 108 Å². The number of carbonyl (C=O) groups excluding carboxylic acids is 3. The van der Waals surface area contributed by atoms with Gasteiger partial charge in [0.15, 0.2) is 0 Å². The van der Waals surface area contributed by atoms with Crippen molar-refractivity contribution >= 4 is 18.0 Å². The molecule has 0 radical (unpaired) electrons. The van der Waals surface area contributed by atoms with E-state index < -0.39 is 30.9 Å². The van der Waals surface area contributed by atoms with Gasteiger partial charge in [0.05, 0.1) is 0 Å². The number of urea groups is 2. The Bertz CT molecular complexity index is 519. The van der Waals surface area contributed by atoms with Crippen LogP contribution < -0.4 is 10.6 Å². The second-order valence-electron chi connectivity index (χ2n) is 4.05. The van der Waals surface area contributed by atoms with Gasteiger partial charge in [0.2, 0.25) is 6.35 Å². The fraction of sp³-hybridized carbons (Fsp3) is 0.250. The van der Waals surface area contributed by atoms with Crippen LogP contribution in [0.1, 0.15) is 5.56 Å². The molecule has 2 rings (SSSR count). The van der Waals surface area contributed by atoms with Crippen LogP contribution in [-0.4, -0.2) is 40.9 Å². The summed E-state index contributed by atoms with van der Waals surface area (Å²) in [7, 11) is 0. The molecule has 1 heterocycles. The summed E-state index contributed by atoms with van der Waals surface area (Å²) in [5.41, 5.74) is 0.804. The molecule has 1 aliphatic rings. The molecule has 1 aromatic carbocycles. The summed E-state index contributed by atoms with van der Waals surface area (Å²) in [6, 6.07) is 7.34. The van der Waals surface area contributed by atoms with Crippen LogP contribution in [0.2, 0.25) is 0 Å². The van der Waals surface area contributed by atoms with Crippen LogP contribution in [0.5, 0.6) is 0 Å². The Kier molecular flexibility index (Phi) is 4.16. The molecule has 0 saturated carbocycles. The number of nitrogens with zero attached hydrogens (tertiary/aromatic N) is 1. The number of rotatable bonds is 4. The van der Waals surface area contributed by atoms with Gasteiger partial charge >= 0.3 is 18.0 Å². The van der Waals surface area contributed by atoms with E-state index in [-0.39, 0.29) is 6.61 Å². The highest BCUT2D eigenvalue weighted by Gasteiger charge is 2.32. The summed E-state index contributed by atoms with van der Waals surface area (Å²) < 4.78 is 4.97. The van der Waals surface area contributed by atoms with Crippen molar-refractivity contribution in [2.75, 3.05) is 6.54 Å². The van der Waals surface area contributed by atoms with Crippen molar-refractivity contribution < 1.29 is 24.2 Å². The van der Waals surface area contributed by atoms with E-state index in [2.05, 4.69) is 0 Å². The maximum atomic E-state index is 11.6. The standard InChI is InChI=1S/C12H13N3O5/c16-9(20-7-8-4-2-1-3-5-8)6-15-11(18)13-10(17)14-12(15)19/h1-5,11,18H,6-7H2,(H2,13,14,17,19). The van der Waals surface area contributed by atoms with Gasteiger partial charge in [-0.25, -0.2) is 9.59 Å². The molecule has 106 valence electrons. The smallest absolute Gasteiger partial charge is 0.329 e. The van der Waals surface area contributed by atoms with Crippen molar-refractivity contribution in [2.45, 2.75) is 13.0 Å². The average Bonchev–Trinajstić information content (AvgIpc) is 2.42. The molecular formula is C12H13N3O5. The maximum Gasteiger partial charge on any atom is 0.329 e. The average molecular weight is 279 g/mol. The number of hydrogen-bond donors (Lipinski definition) is 3. The van der Waals surface area contributed by atoms with Gasteiger partial charge in [-0.05, 0) is 5.56 Å². The minimum absolute atomic E-state index is 0.0671. The molecule has 0 spiro atoms. The first-order valence-electron chi connectivity index (χ1n) is 5.82. The van der Waals surface area contributed by atoms with E-state index in [0.29, 0.717) is 0 Å². The van der Waals surface area contributed by atoms with Crippen molar-refractivity contribution in [3.63, 3.8) is 0 Å². The zero-order chi connectivity index (χ0) is 14.5. The van der Waals surface area contributed by atoms with Gasteiger partial charge in [-0.2, -0.15) is 0 Å². The monoisotopic (exact) mass is 279 g/mol. The Morgan fingerprint density at radius 3 is 2.65 bits per heavy atom. The van der Waals surface area contributed by atoms with Gasteiger partial charge in [-0.1, -0.05) is 30.3 Å². The second kappa shape index (κ2) is 6.02. The van der Waals surface area contributed by atoms with Crippen LogP contribution >= 0.6 is 0 Å². The number of carbonyl (C=O) groups is 3. The van der Waals surface area contributed by atoms with Crippen LogP contribution in [0.4, 0.5) is 9.59 Å². The lowest BCUT2D eigenvalue weighted by molar-refractivity contribution is -0.148. The van der Waals surface area contributed by atoms with E-state index in [1.54, 1.807) is 24.3 Å². The number of benzene rings is 1. The summed E-state index contributed by atoms with van der Waals surface area (Å²) in [6.07, 6.45) is -1.56. The summed E-state index contributed by atoms with van der Waals surface area (Å²) in [5.74, 6) is -0.695. The summed E-state index contributed by atoms with van der Waals surface area (Å²) in [6.45, 7) is -0.405. The molecule has 0 aromatic heterocycles. The van der Waals surface area contributed by atoms with Gasteiger partial charge in [-0.3, -0.25) is 20.3 Å². The molecule has 1 aliphatic heterocycles. The Labute approximate surface area is 114 Å². The van der Waals surface area contributed by atoms with Crippen molar-refractivity contribution in [1.29, 1.82) is 0 Å². The molecule has 1 atom stereocenters. The first-order chi connectivity index (χ1) is 9.56. The molecule has 1 fully saturated rings. The first-order valence-corrected chi connectivity index (χ1v) is 5.82. The van der Waals surface area contributed by atoms with E-state index in [1.807, 2.05) is 16.7 Å². The highest BCUT2D eigenvalue weighted by atomic mass is 16.5. The third kappa shape index (κ3) is 3.45. The zero-order valence-electron chi connectivity index (χ0n) is 10.4. The van der Waals surface area contributed by atoms with Crippen molar-refractivity contribution in [3.05, 3.63) is 35.9 Å². The Morgan fingerprint density at radius 2 is 2.00 bits per heavy atom. The largest absolute Gasteiger partial charge is 0.459 e. The maximum absolute atomic E-state index is 11.6. The summed E-state index contributed by atoms with van der Waals surface area (Å²) in [4.78, 5) is 34.6. The van der Waals surface area contributed by atoms with Crippen molar-refractivity contribution in [1.82, 2.24) is 15.5 Å². The van der Waals surface area contributed by atoms with Gasteiger partial charge < -0.3 is 9.84 Å². The highest BCUT2D eigenvalue weighted by Crippen LogP contribution is 2.03. The predicted molar refractivity (Wildman–Crippen MR) is 66.0 cm³/mol.